The fourth-order valence-electron chi connectivity index (χ4n) is 2.12. The molecule has 5 heteroatoms. The van der Waals surface area contributed by atoms with Crippen LogP contribution in [0.2, 0.25) is 0 Å². The number of hydrogen-bond acceptors (Lipinski definition) is 3. The number of benzene rings is 2. The van der Waals surface area contributed by atoms with E-state index in [0.717, 1.165) is 11.1 Å². The van der Waals surface area contributed by atoms with Gasteiger partial charge in [0.2, 0.25) is 0 Å². The third kappa shape index (κ3) is 3.56. The Labute approximate surface area is 126 Å². The van der Waals surface area contributed by atoms with Crippen LogP contribution >= 0.6 is 0 Å². The fourth-order valence-corrected chi connectivity index (χ4v) is 3.64. The Kier molecular flexibility index (Phi) is 5.25. The average Bonchev–Trinajstić information content (AvgIpc) is 2.55. The van der Waals surface area contributed by atoms with E-state index in [9.17, 15) is 9.00 Å². The van der Waals surface area contributed by atoms with Gasteiger partial charge in [-0.3, -0.25) is 14.2 Å². The van der Waals surface area contributed by atoms with Gasteiger partial charge in [0.05, 0.1) is 5.25 Å². The van der Waals surface area contributed by atoms with E-state index in [1.54, 1.807) is 12.4 Å². The summed E-state index contributed by atoms with van der Waals surface area (Å²) in [4.78, 5) is 11.6. The molecular weight excluding hydrogens is 286 g/mol. The van der Waals surface area contributed by atoms with Gasteiger partial charge in [0.1, 0.15) is 5.25 Å². The number of rotatable bonds is 5. The first-order chi connectivity index (χ1) is 10.1. The van der Waals surface area contributed by atoms with Crippen molar-refractivity contribution >= 4 is 16.7 Å². The van der Waals surface area contributed by atoms with Crippen LogP contribution in [0.4, 0.5) is 0 Å². The maximum absolute atomic E-state index is 12.8. The zero-order chi connectivity index (χ0) is 15.2. The van der Waals surface area contributed by atoms with Crippen LogP contribution in [0.25, 0.3) is 0 Å². The van der Waals surface area contributed by atoms with Gasteiger partial charge in [-0.05, 0) is 18.1 Å². The first-order valence-corrected chi connectivity index (χ1v) is 7.86. The first-order valence-electron chi connectivity index (χ1n) is 6.58. The van der Waals surface area contributed by atoms with E-state index in [1.165, 1.54) is 0 Å². The van der Waals surface area contributed by atoms with Crippen LogP contribution in [0, 0.1) is 0 Å². The molecule has 0 aromatic heterocycles. The normalized spacial score (nSPS) is 13.7. The van der Waals surface area contributed by atoms with Gasteiger partial charge in [-0.25, -0.2) is 5.48 Å². The van der Waals surface area contributed by atoms with Crippen molar-refractivity contribution in [3.8, 4) is 0 Å². The van der Waals surface area contributed by atoms with Crippen molar-refractivity contribution < 1.29 is 14.2 Å². The highest BCUT2D eigenvalue weighted by Crippen LogP contribution is 2.30. The van der Waals surface area contributed by atoms with Crippen LogP contribution < -0.4 is 5.48 Å². The van der Waals surface area contributed by atoms with Gasteiger partial charge in [-0.15, -0.1) is 0 Å². The van der Waals surface area contributed by atoms with Crippen LogP contribution in [0.15, 0.2) is 60.7 Å². The summed E-state index contributed by atoms with van der Waals surface area (Å²) in [5, 5.41) is 7.51. The van der Waals surface area contributed by atoms with Crippen molar-refractivity contribution in [2.24, 2.45) is 0 Å². The minimum atomic E-state index is -1.51. The van der Waals surface area contributed by atoms with Gasteiger partial charge in [-0.1, -0.05) is 60.7 Å². The van der Waals surface area contributed by atoms with Crippen LogP contribution in [0.1, 0.15) is 23.3 Å². The quantitative estimate of drug-likeness (QED) is 0.658. The summed E-state index contributed by atoms with van der Waals surface area (Å²) < 4.78 is 12.8. The van der Waals surface area contributed by atoms with Gasteiger partial charge in [0.15, 0.2) is 0 Å². The van der Waals surface area contributed by atoms with Gasteiger partial charge in [0, 0.05) is 10.8 Å². The summed E-state index contributed by atoms with van der Waals surface area (Å²) in [7, 11) is -1.51. The largest absolute Gasteiger partial charge is 0.289 e. The second-order valence-corrected chi connectivity index (χ2v) is 6.48. The Morgan fingerprint density at radius 1 is 1.00 bits per heavy atom. The zero-order valence-corrected chi connectivity index (χ0v) is 12.4. The third-order valence-corrected chi connectivity index (χ3v) is 5.18. The molecule has 21 heavy (non-hydrogen) atoms. The van der Waals surface area contributed by atoms with Crippen molar-refractivity contribution in [3.63, 3.8) is 0 Å². The monoisotopic (exact) mass is 303 g/mol. The van der Waals surface area contributed by atoms with Crippen molar-refractivity contribution in [3.05, 3.63) is 71.8 Å². The minimum Gasteiger partial charge on any atom is -0.289 e. The summed E-state index contributed by atoms with van der Waals surface area (Å²) in [5.74, 6) is -0.648. The van der Waals surface area contributed by atoms with E-state index in [-0.39, 0.29) is 0 Å². The molecule has 0 spiro atoms. The van der Waals surface area contributed by atoms with Gasteiger partial charge >= 0.3 is 0 Å². The molecule has 0 saturated heterocycles. The molecule has 1 amide bonds. The molecule has 0 bridgehead atoms. The Morgan fingerprint density at radius 2 is 1.43 bits per heavy atom. The van der Waals surface area contributed by atoms with Crippen LogP contribution in [0.3, 0.4) is 0 Å². The van der Waals surface area contributed by atoms with E-state index in [0.29, 0.717) is 0 Å². The molecule has 0 radical (unpaired) electrons. The molecule has 2 unspecified atom stereocenters. The lowest BCUT2D eigenvalue weighted by Gasteiger charge is -2.20. The Bertz CT molecular complexity index is 576. The number of amides is 1. The topological polar surface area (TPSA) is 66.4 Å². The molecule has 2 atom stereocenters. The Balaban J connectivity index is 2.42. The molecular formula is C16H17NO3S. The summed E-state index contributed by atoms with van der Waals surface area (Å²) >= 11 is 0. The average molecular weight is 303 g/mol. The number of hydrogen-bond donors (Lipinski definition) is 2. The van der Waals surface area contributed by atoms with Gasteiger partial charge in [-0.2, -0.15) is 0 Å². The molecule has 110 valence electrons. The second-order valence-electron chi connectivity index (χ2n) is 4.65. The molecule has 0 aliphatic heterocycles. The predicted octanol–water partition coefficient (Wildman–Crippen LogP) is 2.42. The lowest BCUT2D eigenvalue weighted by atomic mass is 10.0. The number of carbonyl (C=O) groups is 1. The summed E-state index contributed by atoms with van der Waals surface area (Å²) in [5.41, 5.74) is 3.32. The number of carbonyl (C=O) groups excluding carboxylic acids is 1. The first kappa shape index (κ1) is 15.4. The fraction of sp³-hybridized carbons (Fsp3) is 0.188. The summed E-state index contributed by atoms with van der Waals surface area (Å²) in [6, 6.07) is 18.8. The molecule has 0 fully saturated rings. The number of hydroxylamine groups is 1. The van der Waals surface area contributed by atoms with Crippen molar-refractivity contribution in [2.45, 2.75) is 17.4 Å². The molecule has 2 aromatic rings. The van der Waals surface area contributed by atoms with Crippen LogP contribution in [-0.4, -0.2) is 20.6 Å². The molecule has 4 nitrogen and oxygen atoms in total. The standard InChI is InChI=1S/C16H17NO3S/c1-12(16(18)17-19)21(20)15(13-8-4-2-5-9-13)14-10-6-3-7-11-14/h2-12,15,19H,1H3,(H,17,18). The maximum Gasteiger partial charge on any atom is 0.258 e. The molecule has 0 heterocycles. The summed E-state index contributed by atoms with van der Waals surface area (Å²) in [6.07, 6.45) is 0. The number of nitrogens with one attached hydrogen (secondary N) is 1. The predicted molar refractivity (Wildman–Crippen MR) is 82.3 cm³/mol. The third-order valence-electron chi connectivity index (χ3n) is 3.26. The molecule has 0 aliphatic carbocycles. The van der Waals surface area contributed by atoms with E-state index in [4.69, 9.17) is 5.21 Å². The molecule has 2 rings (SSSR count). The highest BCUT2D eigenvalue weighted by molar-refractivity contribution is 7.86. The highest BCUT2D eigenvalue weighted by Gasteiger charge is 2.29. The van der Waals surface area contributed by atoms with Crippen LogP contribution in [-0.2, 0) is 15.6 Å². The lowest BCUT2D eigenvalue weighted by molar-refractivity contribution is -0.128. The second kappa shape index (κ2) is 7.15. The smallest absolute Gasteiger partial charge is 0.258 e. The Morgan fingerprint density at radius 3 is 1.81 bits per heavy atom. The Hall–Kier alpha value is -1.98. The molecule has 2 N–H and O–H groups in total. The van der Waals surface area contributed by atoms with Crippen LogP contribution in [0.5, 0.6) is 0 Å². The van der Waals surface area contributed by atoms with Crippen molar-refractivity contribution in [1.82, 2.24) is 5.48 Å². The van der Waals surface area contributed by atoms with Crippen molar-refractivity contribution in [1.29, 1.82) is 0 Å². The van der Waals surface area contributed by atoms with Crippen molar-refractivity contribution in [2.75, 3.05) is 0 Å². The van der Waals surface area contributed by atoms with Gasteiger partial charge < -0.3 is 0 Å². The summed E-state index contributed by atoms with van der Waals surface area (Å²) in [6.45, 7) is 1.54. The maximum atomic E-state index is 12.8. The zero-order valence-electron chi connectivity index (χ0n) is 11.6. The van der Waals surface area contributed by atoms with E-state index >= 15 is 0 Å². The SMILES string of the molecule is CC(C(=O)NO)S(=O)C(c1ccccc1)c1ccccc1. The molecule has 0 saturated carbocycles. The van der Waals surface area contributed by atoms with E-state index in [1.807, 2.05) is 60.7 Å². The van der Waals surface area contributed by atoms with E-state index < -0.39 is 27.2 Å². The van der Waals surface area contributed by atoms with E-state index in [2.05, 4.69) is 0 Å². The molecule has 2 aromatic carbocycles. The molecule has 0 aliphatic rings. The van der Waals surface area contributed by atoms with Gasteiger partial charge in [0.25, 0.3) is 5.91 Å². The minimum absolute atomic E-state index is 0.417. The lowest BCUT2D eigenvalue weighted by Crippen LogP contribution is -2.35. The highest BCUT2D eigenvalue weighted by atomic mass is 32.2.